The number of hydrogen-bond donors (Lipinski definition) is 2. The molecule has 1 unspecified atom stereocenters. The van der Waals surface area contributed by atoms with E-state index in [1.807, 2.05) is 66.2 Å². The first kappa shape index (κ1) is 19.7. The Morgan fingerprint density at radius 2 is 1.93 bits per heavy atom. The number of carbonyl (C=O) groups is 1. The van der Waals surface area contributed by atoms with Crippen molar-refractivity contribution in [1.29, 1.82) is 0 Å². The van der Waals surface area contributed by atoms with Gasteiger partial charge in [0.2, 0.25) is 0 Å². The number of rotatable bonds is 7. The minimum absolute atomic E-state index is 0.134. The summed E-state index contributed by atoms with van der Waals surface area (Å²) in [6, 6.07) is 20.2. The number of aromatic nitrogens is 2. The molecule has 4 aromatic rings. The Kier molecular flexibility index (Phi) is 5.77. The summed E-state index contributed by atoms with van der Waals surface area (Å²) in [7, 11) is 0. The Balaban J connectivity index is 1.36. The van der Waals surface area contributed by atoms with E-state index in [1.54, 1.807) is 24.3 Å². The summed E-state index contributed by atoms with van der Waals surface area (Å²) < 4.78 is 7.80. The Morgan fingerprint density at radius 3 is 2.77 bits per heavy atom. The fourth-order valence-corrected chi connectivity index (χ4v) is 3.19. The van der Waals surface area contributed by atoms with Crippen LogP contribution >= 0.6 is 0 Å². The van der Waals surface area contributed by atoms with Gasteiger partial charge in [0.25, 0.3) is 5.91 Å². The molecule has 0 saturated carbocycles. The van der Waals surface area contributed by atoms with Gasteiger partial charge in [-0.2, -0.15) is 0 Å². The van der Waals surface area contributed by atoms with Gasteiger partial charge >= 0.3 is 0 Å². The van der Waals surface area contributed by atoms with Gasteiger partial charge in [0.15, 0.2) is 0 Å². The molecule has 2 heterocycles. The number of fused-ring (bicyclic) bond motifs is 1. The summed E-state index contributed by atoms with van der Waals surface area (Å²) in [5.74, 6) is 0.318. The second-order valence-electron chi connectivity index (χ2n) is 7.16. The number of pyridine rings is 1. The number of nitrogens with one attached hydrogen (secondary N) is 1. The van der Waals surface area contributed by atoms with Gasteiger partial charge in [-0.3, -0.25) is 4.79 Å². The number of aliphatic hydroxyl groups excluding tert-OH is 1. The van der Waals surface area contributed by atoms with E-state index in [0.29, 0.717) is 17.9 Å². The van der Waals surface area contributed by atoms with Crippen LogP contribution in [0.3, 0.4) is 0 Å². The molecule has 152 valence electrons. The number of imidazole rings is 1. The number of nitrogens with zero attached hydrogens (tertiary/aromatic N) is 2. The molecular weight excluding hydrogens is 378 g/mol. The Labute approximate surface area is 174 Å². The van der Waals surface area contributed by atoms with Crippen molar-refractivity contribution in [3.8, 4) is 5.75 Å². The largest absolute Gasteiger partial charge is 0.487 e. The van der Waals surface area contributed by atoms with Crippen LogP contribution in [0.25, 0.3) is 5.65 Å². The van der Waals surface area contributed by atoms with Crippen molar-refractivity contribution >= 4 is 11.6 Å². The van der Waals surface area contributed by atoms with Crippen molar-refractivity contribution < 1.29 is 14.6 Å². The van der Waals surface area contributed by atoms with Crippen molar-refractivity contribution in [3.63, 3.8) is 0 Å². The maximum Gasteiger partial charge on any atom is 0.251 e. The lowest BCUT2D eigenvalue weighted by atomic mass is 10.1. The fourth-order valence-electron chi connectivity index (χ4n) is 3.19. The van der Waals surface area contributed by atoms with Gasteiger partial charge in [0.1, 0.15) is 18.0 Å². The van der Waals surface area contributed by atoms with Crippen molar-refractivity contribution in [1.82, 2.24) is 14.7 Å². The maximum atomic E-state index is 12.5. The van der Waals surface area contributed by atoms with Crippen LogP contribution in [0.2, 0.25) is 0 Å². The van der Waals surface area contributed by atoms with Crippen molar-refractivity contribution in [2.75, 3.05) is 6.54 Å². The molecule has 1 amide bonds. The lowest BCUT2D eigenvalue weighted by molar-refractivity contribution is 0.0916. The number of aryl methyl sites for hydroxylation is 1. The molecule has 6 nitrogen and oxygen atoms in total. The minimum Gasteiger partial charge on any atom is -0.487 e. The third-order valence-electron chi connectivity index (χ3n) is 4.77. The standard InChI is InChI=1S/C24H23N3O3/c1-17-10-11-23-26-20(15-27(23)14-17)16-30-21-9-5-8-19(12-21)24(29)25-13-22(28)18-6-3-2-4-7-18/h2-12,14-15,22,28H,13,16H2,1H3,(H,25,29). The zero-order valence-corrected chi connectivity index (χ0v) is 16.7. The van der Waals surface area contributed by atoms with Crippen LogP contribution in [0.5, 0.6) is 5.75 Å². The van der Waals surface area contributed by atoms with Gasteiger partial charge in [-0.15, -0.1) is 0 Å². The topological polar surface area (TPSA) is 75.9 Å². The van der Waals surface area contributed by atoms with Crippen LogP contribution in [0, 0.1) is 6.92 Å². The highest BCUT2D eigenvalue weighted by atomic mass is 16.5. The van der Waals surface area contributed by atoms with Gasteiger partial charge in [-0.1, -0.05) is 42.5 Å². The third-order valence-corrected chi connectivity index (χ3v) is 4.77. The monoisotopic (exact) mass is 401 g/mol. The predicted octanol–water partition coefficient (Wildman–Crippen LogP) is 3.69. The number of ether oxygens (including phenoxy) is 1. The van der Waals surface area contributed by atoms with Crippen molar-refractivity contribution in [3.05, 3.63) is 102 Å². The van der Waals surface area contributed by atoms with Gasteiger partial charge in [0, 0.05) is 24.5 Å². The van der Waals surface area contributed by atoms with Crippen molar-refractivity contribution in [2.24, 2.45) is 0 Å². The van der Waals surface area contributed by atoms with E-state index in [4.69, 9.17) is 4.74 Å². The Morgan fingerprint density at radius 1 is 1.10 bits per heavy atom. The summed E-state index contributed by atoms with van der Waals surface area (Å²) >= 11 is 0. The second-order valence-corrected chi connectivity index (χ2v) is 7.16. The van der Waals surface area contributed by atoms with Gasteiger partial charge in [-0.25, -0.2) is 4.98 Å². The molecule has 0 spiro atoms. The molecule has 0 aliphatic heterocycles. The summed E-state index contributed by atoms with van der Waals surface area (Å²) in [6.07, 6.45) is 3.19. The SMILES string of the molecule is Cc1ccc2nc(COc3cccc(C(=O)NCC(O)c4ccccc4)c3)cn2c1. The van der Waals surface area contributed by atoms with Gasteiger partial charge in [-0.05, 0) is 42.3 Å². The minimum atomic E-state index is -0.756. The summed E-state index contributed by atoms with van der Waals surface area (Å²) in [6.45, 7) is 2.47. The first-order chi connectivity index (χ1) is 14.6. The molecule has 0 saturated heterocycles. The normalized spacial score (nSPS) is 11.9. The zero-order valence-electron chi connectivity index (χ0n) is 16.7. The highest BCUT2D eigenvalue weighted by Crippen LogP contribution is 2.16. The molecule has 6 heteroatoms. The average molecular weight is 401 g/mol. The number of carbonyl (C=O) groups excluding carboxylic acids is 1. The molecule has 30 heavy (non-hydrogen) atoms. The molecule has 0 bridgehead atoms. The molecule has 2 N–H and O–H groups in total. The van der Waals surface area contributed by atoms with E-state index in [0.717, 1.165) is 22.5 Å². The number of hydrogen-bond acceptors (Lipinski definition) is 4. The van der Waals surface area contributed by atoms with E-state index in [-0.39, 0.29) is 12.5 Å². The summed E-state index contributed by atoms with van der Waals surface area (Å²) in [5, 5.41) is 13.0. The van der Waals surface area contributed by atoms with Gasteiger partial charge < -0.3 is 19.6 Å². The number of aliphatic hydroxyl groups is 1. The molecule has 4 rings (SSSR count). The first-order valence-corrected chi connectivity index (χ1v) is 9.77. The lowest BCUT2D eigenvalue weighted by Gasteiger charge is -2.12. The highest BCUT2D eigenvalue weighted by Gasteiger charge is 2.11. The second kappa shape index (κ2) is 8.80. The van der Waals surface area contributed by atoms with E-state index in [9.17, 15) is 9.90 Å². The molecule has 0 fully saturated rings. The zero-order chi connectivity index (χ0) is 20.9. The van der Waals surface area contributed by atoms with E-state index >= 15 is 0 Å². The van der Waals surface area contributed by atoms with Crippen molar-refractivity contribution in [2.45, 2.75) is 19.6 Å². The number of amides is 1. The molecule has 2 aromatic heterocycles. The molecule has 0 radical (unpaired) electrons. The van der Waals surface area contributed by atoms with Crippen LogP contribution in [0.15, 0.2) is 79.1 Å². The molecule has 0 aliphatic rings. The smallest absolute Gasteiger partial charge is 0.251 e. The molecule has 2 aromatic carbocycles. The highest BCUT2D eigenvalue weighted by molar-refractivity contribution is 5.94. The van der Waals surface area contributed by atoms with Crippen LogP contribution in [-0.2, 0) is 6.61 Å². The number of benzene rings is 2. The van der Waals surface area contributed by atoms with Crippen LogP contribution < -0.4 is 10.1 Å². The molecule has 1 atom stereocenters. The fraction of sp³-hybridized carbons (Fsp3) is 0.167. The predicted molar refractivity (Wildman–Crippen MR) is 114 cm³/mol. The van der Waals surface area contributed by atoms with Crippen LogP contribution in [0.4, 0.5) is 0 Å². The molecular formula is C24H23N3O3. The van der Waals surface area contributed by atoms with Crippen LogP contribution in [0.1, 0.15) is 33.3 Å². The lowest BCUT2D eigenvalue weighted by Crippen LogP contribution is -2.28. The first-order valence-electron chi connectivity index (χ1n) is 9.77. The average Bonchev–Trinajstić information content (AvgIpc) is 3.18. The quantitative estimate of drug-likeness (QED) is 0.495. The summed E-state index contributed by atoms with van der Waals surface area (Å²) in [5.41, 5.74) is 4.06. The van der Waals surface area contributed by atoms with E-state index in [1.165, 1.54) is 0 Å². The van der Waals surface area contributed by atoms with Gasteiger partial charge in [0.05, 0.1) is 11.8 Å². The Hall–Kier alpha value is -3.64. The molecule has 0 aliphatic carbocycles. The van der Waals surface area contributed by atoms with E-state index < -0.39 is 6.10 Å². The maximum absolute atomic E-state index is 12.5. The van der Waals surface area contributed by atoms with E-state index in [2.05, 4.69) is 10.3 Å². The van der Waals surface area contributed by atoms with Crippen LogP contribution in [-0.4, -0.2) is 26.9 Å². The summed E-state index contributed by atoms with van der Waals surface area (Å²) in [4.78, 5) is 17.0. The third kappa shape index (κ3) is 4.67. The Bertz CT molecular complexity index is 1150.